The fourth-order valence-corrected chi connectivity index (χ4v) is 1.35. The molecule has 0 aromatic carbocycles. The maximum atomic E-state index is 11.2. The predicted molar refractivity (Wildman–Crippen MR) is 54.6 cm³/mol. The van der Waals surface area contributed by atoms with Crippen molar-refractivity contribution in [2.24, 2.45) is 5.41 Å². The van der Waals surface area contributed by atoms with Crippen LogP contribution < -0.4 is 0 Å². The summed E-state index contributed by atoms with van der Waals surface area (Å²) in [6, 6.07) is 0. The van der Waals surface area contributed by atoms with Gasteiger partial charge in [-0.05, 0) is 18.8 Å². The van der Waals surface area contributed by atoms with Gasteiger partial charge in [0.1, 0.15) is 0 Å². The second-order valence-corrected chi connectivity index (χ2v) is 4.25. The monoisotopic (exact) mass is 186 g/mol. The summed E-state index contributed by atoms with van der Waals surface area (Å²) in [6.07, 6.45) is 4.02. The van der Waals surface area contributed by atoms with Gasteiger partial charge in [-0.25, -0.2) is 0 Å². The lowest BCUT2D eigenvalue weighted by Crippen LogP contribution is -2.18. The van der Waals surface area contributed by atoms with Crippen molar-refractivity contribution in [3.05, 3.63) is 0 Å². The number of carbonyl (C=O) groups is 1. The number of hydrogen-bond acceptors (Lipinski definition) is 2. The minimum atomic E-state index is -0.0661. The predicted octanol–water partition coefficient (Wildman–Crippen LogP) is 3.16. The highest BCUT2D eigenvalue weighted by molar-refractivity contribution is 5.70. The summed E-state index contributed by atoms with van der Waals surface area (Å²) in [5.74, 6) is -0.0661. The van der Waals surface area contributed by atoms with E-state index in [4.69, 9.17) is 4.74 Å². The average molecular weight is 186 g/mol. The molecule has 0 rings (SSSR count). The standard InChI is InChI=1S/C11H22O2/c1-5-7-8-11(3,4)9-10(12)13-6-2/h5-9H2,1-4H3. The van der Waals surface area contributed by atoms with E-state index in [1.807, 2.05) is 6.92 Å². The Morgan fingerprint density at radius 2 is 1.92 bits per heavy atom. The zero-order valence-corrected chi connectivity index (χ0v) is 9.35. The molecule has 0 atom stereocenters. The van der Waals surface area contributed by atoms with Crippen molar-refractivity contribution in [3.8, 4) is 0 Å². The van der Waals surface area contributed by atoms with E-state index in [0.717, 1.165) is 6.42 Å². The Hall–Kier alpha value is -0.530. The van der Waals surface area contributed by atoms with Gasteiger partial charge in [-0.2, -0.15) is 0 Å². The molecular weight excluding hydrogens is 164 g/mol. The van der Waals surface area contributed by atoms with E-state index >= 15 is 0 Å². The van der Waals surface area contributed by atoms with Crippen LogP contribution in [0.1, 0.15) is 53.4 Å². The Labute approximate surface area is 81.7 Å². The maximum absolute atomic E-state index is 11.2. The van der Waals surface area contributed by atoms with Gasteiger partial charge >= 0.3 is 5.97 Å². The molecule has 0 saturated heterocycles. The van der Waals surface area contributed by atoms with Crippen LogP contribution in [0.5, 0.6) is 0 Å². The van der Waals surface area contributed by atoms with Gasteiger partial charge in [0.25, 0.3) is 0 Å². The van der Waals surface area contributed by atoms with Crippen molar-refractivity contribution in [1.82, 2.24) is 0 Å². The molecule has 0 aromatic rings. The first kappa shape index (κ1) is 12.5. The van der Waals surface area contributed by atoms with Crippen LogP contribution in [0, 0.1) is 5.41 Å². The van der Waals surface area contributed by atoms with Crippen LogP contribution in [0.4, 0.5) is 0 Å². The Kier molecular flexibility index (Phi) is 5.76. The Morgan fingerprint density at radius 1 is 1.31 bits per heavy atom. The van der Waals surface area contributed by atoms with Crippen molar-refractivity contribution in [2.45, 2.75) is 53.4 Å². The highest BCUT2D eigenvalue weighted by Gasteiger charge is 2.21. The van der Waals surface area contributed by atoms with Crippen molar-refractivity contribution in [1.29, 1.82) is 0 Å². The lowest BCUT2D eigenvalue weighted by molar-refractivity contribution is -0.145. The van der Waals surface area contributed by atoms with Gasteiger partial charge in [0, 0.05) is 0 Å². The first-order chi connectivity index (χ1) is 6.02. The zero-order valence-electron chi connectivity index (χ0n) is 9.35. The van der Waals surface area contributed by atoms with Gasteiger partial charge in [-0.3, -0.25) is 4.79 Å². The van der Waals surface area contributed by atoms with Crippen molar-refractivity contribution < 1.29 is 9.53 Å². The molecule has 0 heterocycles. The quantitative estimate of drug-likeness (QED) is 0.596. The molecule has 2 nitrogen and oxygen atoms in total. The Bertz CT molecular complexity index is 150. The second kappa shape index (κ2) is 6.01. The molecule has 0 aromatic heterocycles. The Balaban J connectivity index is 3.79. The number of ether oxygens (including phenoxy) is 1. The molecule has 0 aliphatic rings. The molecule has 13 heavy (non-hydrogen) atoms. The topological polar surface area (TPSA) is 26.3 Å². The molecule has 0 aliphatic carbocycles. The third-order valence-corrected chi connectivity index (χ3v) is 2.14. The minimum Gasteiger partial charge on any atom is -0.466 e. The SMILES string of the molecule is CCCCC(C)(C)CC(=O)OCC. The highest BCUT2D eigenvalue weighted by atomic mass is 16.5. The third kappa shape index (κ3) is 6.62. The normalized spacial score (nSPS) is 11.4. The van der Waals surface area contributed by atoms with Gasteiger partial charge in [-0.1, -0.05) is 33.6 Å². The van der Waals surface area contributed by atoms with Crippen LogP contribution in [0.25, 0.3) is 0 Å². The lowest BCUT2D eigenvalue weighted by Gasteiger charge is -2.22. The van der Waals surface area contributed by atoms with E-state index in [-0.39, 0.29) is 11.4 Å². The van der Waals surface area contributed by atoms with Crippen molar-refractivity contribution in [3.63, 3.8) is 0 Å². The molecule has 0 unspecified atom stereocenters. The third-order valence-electron chi connectivity index (χ3n) is 2.14. The van der Waals surface area contributed by atoms with Gasteiger partial charge in [0.05, 0.1) is 13.0 Å². The van der Waals surface area contributed by atoms with Crippen LogP contribution >= 0.6 is 0 Å². The fraction of sp³-hybridized carbons (Fsp3) is 0.909. The van der Waals surface area contributed by atoms with E-state index < -0.39 is 0 Å². The number of unbranched alkanes of at least 4 members (excludes halogenated alkanes) is 1. The van der Waals surface area contributed by atoms with Gasteiger partial charge in [-0.15, -0.1) is 0 Å². The number of hydrogen-bond donors (Lipinski definition) is 0. The van der Waals surface area contributed by atoms with E-state index in [2.05, 4.69) is 20.8 Å². The fourth-order valence-electron chi connectivity index (χ4n) is 1.35. The summed E-state index contributed by atoms with van der Waals surface area (Å²) < 4.78 is 4.92. The van der Waals surface area contributed by atoms with E-state index in [1.165, 1.54) is 12.8 Å². The minimum absolute atomic E-state index is 0.0661. The lowest BCUT2D eigenvalue weighted by atomic mass is 9.84. The number of carbonyl (C=O) groups excluding carboxylic acids is 1. The smallest absolute Gasteiger partial charge is 0.306 e. The van der Waals surface area contributed by atoms with Gasteiger partial charge in [0.15, 0.2) is 0 Å². The molecular formula is C11H22O2. The summed E-state index contributed by atoms with van der Waals surface area (Å²) in [4.78, 5) is 11.2. The number of rotatable bonds is 6. The van der Waals surface area contributed by atoms with Crippen LogP contribution in [0.3, 0.4) is 0 Å². The average Bonchev–Trinajstić information content (AvgIpc) is 2.00. The summed E-state index contributed by atoms with van der Waals surface area (Å²) in [5, 5.41) is 0. The van der Waals surface area contributed by atoms with E-state index in [1.54, 1.807) is 0 Å². The van der Waals surface area contributed by atoms with E-state index in [9.17, 15) is 4.79 Å². The van der Waals surface area contributed by atoms with Crippen molar-refractivity contribution >= 4 is 5.97 Å². The molecule has 2 heteroatoms. The molecule has 78 valence electrons. The highest BCUT2D eigenvalue weighted by Crippen LogP contribution is 2.27. The zero-order chi connectivity index (χ0) is 10.3. The van der Waals surface area contributed by atoms with Crippen LogP contribution in [0.2, 0.25) is 0 Å². The molecule has 0 fully saturated rings. The van der Waals surface area contributed by atoms with Gasteiger partial charge < -0.3 is 4.74 Å². The molecule has 0 radical (unpaired) electrons. The van der Waals surface area contributed by atoms with Crippen molar-refractivity contribution in [2.75, 3.05) is 6.61 Å². The van der Waals surface area contributed by atoms with E-state index in [0.29, 0.717) is 13.0 Å². The van der Waals surface area contributed by atoms with Crippen LogP contribution in [-0.2, 0) is 9.53 Å². The van der Waals surface area contributed by atoms with Crippen LogP contribution in [-0.4, -0.2) is 12.6 Å². The maximum Gasteiger partial charge on any atom is 0.306 e. The molecule has 0 saturated carbocycles. The van der Waals surface area contributed by atoms with Crippen LogP contribution in [0.15, 0.2) is 0 Å². The largest absolute Gasteiger partial charge is 0.466 e. The molecule has 0 spiro atoms. The summed E-state index contributed by atoms with van der Waals surface area (Å²) in [7, 11) is 0. The first-order valence-corrected chi connectivity index (χ1v) is 5.17. The van der Waals surface area contributed by atoms with Gasteiger partial charge in [0.2, 0.25) is 0 Å². The first-order valence-electron chi connectivity index (χ1n) is 5.17. The molecule has 0 amide bonds. The number of esters is 1. The molecule has 0 bridgehead atoms. The second-order valence-electron chi connectivity index (χ2n) is 4.25. The molecule has 0 aliphatic heterocycles. The summed E-state index contributed by atoms with van der Waals surface area (Å²) >= 11 is 0. The molecule has 0 N–H and O–H groups in total. The Morgan fingerprint density at radius 3 is 2.38 bits per heavy atom. The summed E-state index contributed by atoms with van der Waals surface area (Å²) in [6.45, 7) is 8.75. The summed E-state index contributed by atoms with van der Waals surface area (Å²) in [5.41, 5.74) is 0.0995.